The molecule has 9 nitrogen and oxygen atoms in total. The van der Waals surface area contributed by atoms with E-state index < -0.39 is 42.8 Å². The van der Waals surface area contributed by atoms with Crippen LogP contribution in [0.2, 0.25) is 0 Å². The lowest BCUT2D eigenvalue weighted by molar-refractivity contribution is -0.172. The minimum absolute atomic E-state index is 0.0190. The molecule has 13 heteroatoms. The van der Waals surface area contributed by atoms with Crippen molar-refractivity contribution >= 4 is 34.4 Å². The number of carbonyl (C=O) groups excluding carboxylic acids is 2. The van der Waals surface area contributed by atoms with E-state index >= 15 is 0 Å². The Bertz CT molecular complexity index is 1060. The molecule has 3 rings (SSSR count). The van der Waals surface area contributed by atoms with Crippen LogP contribution in [-0.2, 0) is 16.2 Å². The van der Waals surface area contributed by atoms with Gasteiger partial charge in [-0.3, -0.25) is 9.59 Å². The minimum atomic E-state index is -4.74. The largest absolute Gasteiger partial charge is 0.493 e. The van der Waals surface area contributed by atoms with Gasteiger partial charge in [-0.1, -0.05) is 25.7 Å². The molecule has 2 aliphatic rings. The second-order valence-corrected chi connectivity index (χ2v) is 11.3. The van der Waals surface area contributed by atoms with Crippen molar-refractivity contribution in [3.63, 3.8) is 0 Å². The summed E-state index contributed by atoms with van der Waals surface area (Å²) in [5, 5.41) is 32.4. The van der Waals surface area contributed by atoms with Gasteiger partial charge in [-0.15, -0.1) is 0 Å². The summed E-state index contributed by atoms with van der Waals surface area (Å²) in [4.78, 5) is 26.7. The molecule has 1 saturated carbocycles. The van der Waals surface area contributed by atoms with Crippen LogP contribution in [0.1, 0.15) is 50.5 Å². The molecule has 4 N–H and O–H groups in total. The Hall–Kier alpha value is -2.10. The lowest BCUT2D eigenvalue weighted by atomic mass is 9.87. The Morgan fingerprint density at radius 3 is 2.50 bits per heavy atom. The molecular weight excluding hydrogens is 648 g/mol. The summed E-state index contributed by atoms with van der Waals surface area (Å²) < 4.78 is 53.0. The molecule has 0 aromatic heterocycles. The van der Waals surface area contributed by atoms with Gasteiger partial charge < -0.3 is 35.0 Å². The highest BCUT2D eigenvalue weighted by Gasteiger charge is 2.44. The zero-order valence-electron chi connectivity index (χ0n) is 22.3. The molecule has 0 aliphatic heterocycles. The zero-order valence-corrected chi connectivity index (χ0v) is 24.4. The van der Waals surface area contributed by atoms with E-state index in [4.69, 9.17) is 14.6 Å². The van der Waals surface area contributed by atoms with Gasteiger partial charge in [0.1, 0.15) is 18.8 Å². The SMILES string of the molecule is COc1cc(CO)cc(I)c1O[C@H]1C=C(C(=O)NCCO)C[C@@H](N(CC(F)(F)F)C(=O)CCC2CCCC2)[C@@H]1O. The van der Waals surface area contributed by atoms with Gasteiger partial charge in [0.15, 0.2) is 11.5 Å². The smallest absolute Gasteiger partial charge is 0.406 e. The number of aliphatic hydroxyl groups is 3. The number of hydrogen-bond donors (Lipinski definition) is 4. The molecule has 0 radical (unpaired) electrons. The van der Waals surface area contributed by atoms with E-state index in [1.165, 1.54) is 19.3 Å². The molecule has 2 aliphatic carbocycles. The van der Waals surface area contributed by atoms with Gasteiger partial charge in [0, 0.05) is 25.0 Å². The quantitative estimate of drug-likeness (QED) is 0.250. The predicted molar refractivity (Wildman–Crippen MR) is 148 cm³/mol. The molecule has 2 amide bonds. The molecule has 0 saturated heterocycles. The zero-order chi connectivity index (χ0) is 29.4. The van der Waals surface area contributed by atoms with E-state index in [2.05, 4.69) is 5.32 Å². The number of amides is 2. The standard InChI is InChI=1S/C27H36F3IN2O7/c1-39-22-11-17(14-35)10-19(31)25(22)40-21-13-18(26(38)32-8-9-34)12-20(24(21)37)33(15-27(28,29)30)23(36)7-6-16-4-2-3-5-16/h10-11,13,16,20-21,24,34-35,37H,2-9,12,14-15H2,1H3,(H,32,38)/t20-,21+,24+/m1/s1. The first kappa shape index (κ1) is 32.4. The van der Waals surface area contributed by atoms with Crippen molar-refractivity contribution in [2.75, 3.05) is 26.8 Å². The highest BCUT2D eigenvalue weighted by atomic mass is 127. The van der Waals surface area contributed by atoms with E-state index in [1.54, 1.807) is 6.07 Å². The first-order chi connectivity index (χ1) is 19.0. The van der Waals surface area contributed by atoms with Gasteiger partial charge in [-0.2, -0.15) is 13.2 Å². The van der Waals surface area contributed by atoms with Crippen LogP contribution in [0.15, 0.2) is 23.8 Å². The number of rotatable bonds is 12. The fourth-order valence-corrected chi connectivity index (χ4v) is 6.04. The molecule has 0 spiro atoms. The molecule has 3 atom stereocenters. The first-order valence-corrected chi connectivity index (χ1v) is 14.3. The van der Waals surface area contributed by atoms with Crippen molar-refractivity contribution in [3.05, 3.63) is 32.9 Å². The fraction of sp³-hybridized carbons (Fsp3) is 0.630. The summed E-state index contributed by atoms with van der Waals surface area (Å²) in [6.45, 7) is -2.29. The van der Waals surface area contributed by atoms with Crippen LogP contribution in [0.3, 0.4) is 0 Å². The summed E-state index contributed by atoms with van der Waals surface area (Å²) in [5.74, 6) is -0.748. The molecule has 1 aromatic rings. The van der Waals surface area contributed by atoms with Gasteiger partial charge in [0.25, 0.3) is 0 Å². The lowest BCUT2D eigenvalue weighted by Gasteiger charge is -2.41. The fourth-order valence-electron chi connectivity index (χ4n) is 5.25. The van der Waals surface area contributed by atoms with Crippen LogP contribution in [0.4, 0.5) is 13.2 Å². The Balaban J connectivity index is 1.96. The number of nitrogens with one attached hydrogen (secondary N) is 1. The van der Waals surface area contributed by atoms with Crippen LogP contribution >= 0.6 is 22.6 Å². The molecular formula is C27H36F3IN2O7. The third-order valence-corrected chi connectivity index (χ3v) is 8.05. The molecule has 0 heterocycles. The molecule has 224 valence electrons. The van der Waals surface area contributed by atoms with Gasteiger partial charge >= 0.3 is 6.18 Å². The van der Waals surface area contributed by atoms with E-state index in [-0.39, 0.29) is 55.6 Å². The monoisotopic (exact) mass is 684 g/mol. The van der Waals surface area contributed by atoms with Crippen molar-refractivity contribution in [3.8, 4) is 11.5 Å². The van der Waals surface area contributed by atoms with Crippen LogP contribution in [-0.4, -0.2) is 83.3 Å². The predicted octanol–water partition coefficient (Wildman–Crippen LogP) is 3.07. The number of hydrogen-bond acceptors (Lipinski definition) is 7. The number of nitrogens with zero attached hydrogens (tertiary/aromatic N) is 1. The number of carbonyl (C=O) groups is 2. The summed E-state index contributed by atoms with van der Waals surface area (Å²) in [6.07, 6.45) is -2.38. The van der Waals surface area contributed by atoms with E-state index in [9.17, 15) is 33.0 Å². The topological polar surface area (TPSA) is 129 Å². The highest BCUT2D eigenvalue weighted by Crippen LogP contribution is 2.38. The van der Waals surface area contributed by atoms with Gasteiger partial charge in [0.2, 0.25) is 11.8 Å². The Morgan fingerprint density at radius 2 is 1.90 bits per heavy atom. The van der Waals surface area contributed by atoms with Crippen LogP contribution in [0.25, 0.3) is 0 Å². The lowest BCUT2D eigenvalue weighted by Crippen LogP contribution is -2.57. The first-order valence-electron chi connectivity index (χ1n) is 13.2. The number of aliphatic hydroxyl groups excluding tert-OH is 3. The molecule has 0 unspecified atom stereocenters. The molecule has 1 fully saturated rings. The van der Waals surface area contributed by atoms with Gasteiger partial charge in [0.05, 0.1) is 29.9 Å². The third-order valence-electron chi connectivity index (χ3n) is 7.25. The average Bonchev–Trinajstić information content (AvgIpc) is 3.44. The van der Waals surface area contributed by atoms with Crippen molar-refractivity contribution in [2.24, 2.45) is 5.92 Å². The van der Waals surface area contributed by atoms with E-state index in [0.717, 1.165) is 25.7 Å². The Morgan fingerprint density at radius 1 is 1.20 bits per heavy atom. The second kappa shape index (κ2) is 14.7. The maximum Gasteiger partial charge on any atom is 0.406 e. The normalized spacial score (nSPS) is 21.6. The molecule has 1 aromatic carbocycles. The van der Waals surface area contributed by atoms with Crippen LogP contribution in [0, 0.1) is 9.49 Å². The highest BCUT2D eigenvalue weighted by molar-refractivity contribution is 14.1. The Kier molecular flexibility index (Phi) is 11.9. The number of methoxy groups -OCH3 is 1. The maximum absolute atomic E-state index is 13.7. The summed E-state index contributed by atoms with van der Waals surface area (Å²) >= 11 is 1.94. The molecule has 0 bridgehead atoms. The summed E-state index contributed by atoms with van der Waals surface area (Å²) in [6, 6.07) is 1.74. The Labute approximate surface area is 244 Å². The van der Waals surface area contributed by atoms with Crippen molar-refractivity contribution in [1.82, 2.24) is 10.2 Å². The average molecular weight is 684 g/mol. The number of ether oxygens (including phenoxy) is 2. The van der Waals surface area contributed by atoms with Crippen molar-refractivity contribution in [2.45, 2.75) is 76.0 Å². The van der Waals surface area contributed by atoms with Gasteiger partial charge in [-0.05, 0) is 58.7 Å². The summed E-state index contributed by atoms with van der Waals surface area (Å²) in [7, 11) is 1.37. The van der Waals surface area contributed by atoms with E-state index in [1.807, 2.05) is 22.6 Å². The minimum Gasteiger partial charge on any atom is -0.493 e. The number of benzene rings is 1. The summed E-state index contributed by atoms with van der Waals surface area (Å²) in [5.41, 5.74) is 0.546. The van der Waals surface area contributed by atoms with E-state index in [0.29, 0.717) is 20.5 Å². The van der Waals surface area contributed by atoms with Gasteiger partial charge in [-0.25, -0.2) is 0 Å². The second-order valence-electron chi connectivity index (χ2n) is 10.1. The van der Waals surface area contributed by atoms with Crippen molar-refractivity contribution < 1.29 is 47.6 Å². The maximum atomic E-state index is 13.7. The molecule has 40 heavy (non-hydrogen) atoms. The third kappa shape index (κ3) is 8.70. The number of halogens is 4. The number of alkyl halides is 3. The van der Waals surface area contributed by atoms with Crippen molar-refractivity contribution in [1.29, 1.82) is 0 Å². The van der Waals surface area contributed by atoms with Crippen LogP contribution in [0.5, 0.6) is 11.5 Å². The van der Waals surface area contributed by atoms with Crippen LogP contribution < -0.4 is 14.8 Å².